The smallest absolute Gasteiger partial charge is 0.132 e. The molecule has 2 nitrogen and oxygen atoms in total. The highest BCUT2D eigenvalue weighted by molar-refractivity contribution is 5.40. The van der Waals surface area contributed by atoms with Gasteiger partial charge < -0.3 is 10.1 Å². The summed E-state index contributed by atoms with van der Waals surface area (Å²) in [4.78, 5) is 0. The van der Waals surface area contributed by atoms with Crippen molar-refractivity contribution in [1.82, 2.24) is 5.32 Å². The molecule has 0 aromatic heterocycles. The van der Waals surface area contributed by atoms with Gasteiger partial charge in [-0.05, 0) is 25.5 Å². The number of benzene rings is 1. The zero-order valence-corrected chi connectivity index (χ0v) is 9.42. The van der Waals surface area contributed by atoms with E-state index in [9.17, 15) is 0 Å². The van der Waals surface area contributed by atoms with Gasteiger partial charge in [0.25, 0.3) is 0 Å². The number of nitrogens with one attached hydrogen (secondary N) is 1. The molecule has 2 heteroatoms. The van der Waals surface area contributed by atoms with Crippen molar-refractivity contribution in [2.45, 2.75) is 26.3 Å². The maximum Gasteiger partial charge on any atom is 0.132 e. The van der Waals surface area contributed by atoms with Crippen molar-refractivity contribution in [2.75, 3.05) is 0 Å². The Morgan fingerprint density at radius 1 is 1.19 bits per heavy atom. The Bertz CT molecular complexity index is 485. The molecule has 1 aromatic rings. The highest BCUT2D eigenvalue weighted by Crippen LogP contribution is 2.30. The number of rotatable bonds is 0. The zero-order chi connectivity index (χ0) is 11.0. The van der Waals surface area contributed by atoms with Crippen LogP contribution < -0.4 is 10.1 Å². The number of hydrogen-bond acceptors (Lipinski definition) is 2. The molecule has 0 atom stereocenters. The van der Waals surface area contributed by atoms with Crippen LogP contribution >= 0.6 is 0 Å². The van der Waals surface area contributed by atoms with Gasteiger partial charge in [0, 0.05) is 18.5 Å². The zero-order valence-electron chi connectivity index (χ0n) is 9.42. The third-order valence-corrected chi connectivity index (χ3v) is 3.11. The molecular formula is C14H15NO. The molecule has 0 saturated carbocycles. The molecule has 0 bridgehead atoms. The monoisotopic (exact) mass is 213 g/mol. The molecule has 0 unspecified atom stereocenters. The third kappa shape index (κ3) is 1.60. The number of para-hydroxylation sites is 1. The summed E-state index contributed by atoms with van der Waals surface area (Å²) in [7, 11) is 0. The predicted molar refractivity (Wildman–Crippen MR) is 63.9 cm³/mol. The van der Waals surface area contributed by atoms with Crippen LogP contribution in [0.25, 0.3) is 0 Å². The molecule has 82 valence electrons. The normalized spacial score (nSPS) is 18.7. The Kier molecular flexibility index (Phi) is 2.21. The molecule has 0 spiro atoms. The minimum absolute atomic E-state index is 0.846. The van der Waals surface area contributed by atoms with Crippen LogP contribution in [-0.2, 0) is 6.54 Å². The van der Waals surface area contributed by atoms with E-state index < -0.39 is 0 Å². The molecule has 0 saturated heterocycles. The quantitative estimate of drug-likeness (QED) is 0.715. The van der Waals surface area contributed by atoms with E-state index in [2.05, 4.69) is 30.4 Å². The molecule has 1 heterocycles. The Labute approximate surface area is 95.6 Å². The standard InChI is InChI=1S/C14H15NO/c1-10-6-7-14-12(8-10)15-9-11-4-2-3-5-13(11)16-14/h2-5,8,15H,6-7,9H2,1H3. The Hall–Kier alpha value is -1.70. The molecule has 1 aromatic carbocycles. The van der Waals surface area contributed by atoms with Crippen molar-refractivity contribution < 1.29 is 4.74 Å². The summed E-state index contributed by atoms with van der Waals surface area (Å²) in [5, 5.41) is 3.45. The minimum atomic E-state index is 0.846. The highest BCUT2D eigenvalue weighted by atomic mass is 16.5. The van der Waals surface area contributed by atoms with Crippen molar-refractivity contribution in [2.24, 2.45) is 0 Å². The minimum Gasteiger partial charge on any atom is -0.459 e. The summed E-state index contributed by atoms with van der Waals surface area (Å²) in [5.74, 6) is 2.07. The van der Waals surface area contributed by atoms with Gasteiger partial charge in [0.2, 0.25) is 0 Å². The van der Waals surface area contributed by atoms with E-state index in [-0.39, 0.29) is 0 Å². The Balaban J connectivity index is 1.99. The Morgan fingerprint density at radius 2 is 2.06 bits per heavy atom. The van der Waals surface area contributed by atoms with Crippen LogP contribution in [0.15, 0.2) is 47.4 Å². The van der Waals surface area contributed by atoms with Crippen LogP contribution in [0.3, 0.4) is 0 Å². The van der Waals surface area contributed by atoms with Gasteiger partial charge in [-0.25, -0.2) is 0 Å². The summed E-state index contributed by atoms with van der Waals surface area (Å²) in [6.07, 6.45) is 4.30. The average molecular weight is 213 g/mol. The molecular weight excluding hydrogens is 198 g/mol. The topological polar surface area (TPSA) is 21.3 Å². The molecule has 1 aliphatic carbocycles. The highest BCUT2D eigenvalue weighted by Gasteiger charge is 2.18. The van der Waals surface area contributed by atoms with E-state index in [4.69, 9.17) is 4.74 Å². The second kappa shape index (κ2) is 3.71. The van der Waals surface area contributed by atoms with E-state index in [0.717, 1.165) is 36.6 Å². The summed E-state index contributed by atoms with van der Waals surface area (Å²) < 4.78 is 5.98. The van der Waals surface area contributed by atoms with Gasteiger partial charge in [-0.15, -0.1) is 0 Å². The van der Waals surface area contributed by atoms with E-state index >= 15 is 0 Å². The van der Waals surface area contributed by atoms with Crippen molar-refractivity contribution >= 4 is 0 Å². The Morgan fingerprint density at radius 3 is 3.00 bits per heavy atom. The maximum atomic E-state index is 5.98. The van der Waals surface area contributed by atoms with Gasteiger partial charge in [0.1, 0.15) is 11.5 Å². The van der Waals surface area contributed by atoms with Crippen molar-refractivity contribution in [3.05, 3.63) is 52.9 Å². The second-order valence-corrected chi connectivity index (χ2v) is 4.39. The van der Waals surface area contributed by atoms with Gasteiger partial charge in [-0.3, -0.25) is 0 Å². The first-order valence-electron chi connectivity index (χ1n) is 5.73. The number of fused-ring (bicyclic) bond motifs is 1. The van der Waals surface area contributed by atoms with Gasteiger partial charge in [-0.1, -0.05) is 23.8 Å². The molecule has 3 rings (SSSR count). The van der Waals surface area contributed by atoms with Crippen LogP contribution in [0.1, 0.15) is 25.3 Å². The molecule has 0 fully saturated rings. The van der Waals surface area contributed by atoms with Gasteiger partial charge in [0.05, 0.1) is 5.70 Å². The molecule has 0 amide bonds. The van der Waals surface area contributed by atoms with Gasteiger partial charge in [-0.2, -0.15) is 0 Å². The first kappa shape index (κ1) is 9.52. The molecule has 1 N–H and O–H groups in total. The summed E-state index contributed by atoms with van der Waals surface area (Å²) in [5.41, 5.74) is 3.80. The number of hydrogen-bond donors (Lipinski definition) is 1. The maximum absolute atomic E-state index is 5.98. The number of ether oxygens (including phenoxy) is 1. The van der Waals surface area contributed by atoms with Crippen LogP contribution in [-0.4, -0.2) is 0 Å². The first-order valence-corrected chi connectivity index (χ1v) is 5.73. The lowest BCUT2D eigenvalue weighted by molar-refractivity contribution is 0.395. The number of allylic oxidation sites excluding steroid dienone is 3. The van der Waals surface area contributed by atoms with E-state index in [1.165, 1.54) is 11.1 Å². The predicted octanol–water partition coefficient (Wildman–Crippen LogP) is 3.12. The van der Waals surface area contributed by atoms with Crippen LogP contribution in [0, 0.1) is 0 Å². The fraction of sp³-hybridized carbons (Fsp3) is 0.286. The molecule has 16 heavy (non-hydrogen) atoms. The second-order valence-electron chi connectivity index (χ2n) is 4.39. The fourth-order valence-electron chi connectivity index (χ4n) is 2.17. The van der Waals surface area contributed by atoms with Crippen LogP contribution in [0.5, 0.6) is 5.75 Å². The van der Waals surface area contributed by atoms with Crippen molar-refractivity contribution in [3.8, 4) is 5.75 Å². The summed E-state index contributed by atoms with van der Waals surface area (Å²) in [6, 6.07) is 8.22. The van der Waals surface area contributed by atoms with E-state index in [1.807, 2.05) is 12.1 Å². The van der Waals surface area contributed by atoms with Gasteiger partial charge in [0.15, 0.2) is 0 Å². The fourth-order valence-corrected chi connectivity index (χ4v) is 2.17. The van der Waals surface area contributed by atoms with Crippen molar-refractivity contribution in [3.63, 3.8) is 0 Å². The third-order valence-electron chi connectivity index (χ3n) is 3.11. The SMILES string of the molecule is CC1=CC2=C(CC1)Oc1ccccc1CN2. The first-order chi connectivity index (χ1) is 7.83. The van der Waals surface area contributed by atoms with E-state index in [1.54, 1.807) is 0 Å². The van der Waals surface area contributed by atoms with Gasteiger partial charge >= 0.3 is 0 Å². The molecule has 2 aliphatic rings. The largest absolute Gasteiger partial charge is 0.459 e. The van der Waals surface area contributed by atoms with Crippen molar-refractivity contribution in [1.29, 1.82) is 0 Å². The average Bonchev–Trinajstić information content (AvgIpc) is 2.48. The molecule has 0 radical (unpaired) electrons. The molecule has 1 aliphatic heterocycles. The lowest BCUT2D eigenvalue weighted by Crippen LogP contribution is -2.14. The lowest BCUT2D eigenvalue weighted by atomic mass is 10.0. The van der Waals surface area contributed by atoms with Crippen LogP contribution in [0.4, 0.5) is 0 Å². The van der Waals surface area contributed by atoms with E-state index in [0.29, 0.717) is 0 Å². The lowest BCUT2D eigenvalue weighted by Gasteiger charge is -2.16. The summed E-state index contributed by atoms with van der Waals surface area (Å²) in [6.45, 7) is 3.02. The van der Waals surface area contributed by atoms with Crippen LogP contribution in [0.2, 0.25) is 0 Å². The summed E-state index contributed by atoms with van der Waals surface area (Å²) >= 11 is 0.